The van der Waals surface area contributed by atoms with Crippen LogP contribution in [0, 0.1) is 13.8 Å². The molecular weight excluding hydrogens is 222 g/mol. The third kappa shape index (κ3) is 2.17. The molecular formula is C10H13N5O2. The molecule has 0 spiro atoms. The molecule has 7 heteroatoms. The van der Waals surface area contributed by atoms with Crippen LogP contribution in [-0.4, -0.2) is 38.2 Å². The Labute approximate surface area is 97.8 Å². The Morgan fingerprint density at radius 3 is 2.82 bits per heavy atom. The first-order valence-electron chi connectivity index (χ1n) is 5.12. The van der Waals surface area contributed by atoms with Crippen LogP contribution in [-0.2, 0) is 6.54 Å². The topological polar surface area (TPSA) is 87.9 Å². The number of aromatic nitrogens is 4. The maximum Gasteiger partial charge on any atom is 0.259 e. The number of nitrogens with one attached hydrogen (secondary N) is 1. The summed E-state index contributed by atoms with van der Waals surface area (Å²) in [4.78, 5) is 17.6. The van der Waals surface area contributed by atoms with Gasteiger partial charge in [-0.15, -0.1) is 0 Å². The van der Waals surface area contributed by atoms with Gasteiger partial charge in [-0.05, 0) is 13.8 Å². The van der Waals surface area contributed by atoms with E-state index in [1.165, 1.54) is 11.2 Å². The molecule has 0 aliphatic heterocycles. The summed E-state index contributed by atoms with van der Waals surface area (Å²) < 4.78 is 4.97. The summed E-state index contributed by atoms with van der Waals surface area (Å²) in [5, 5.41) is 10.2. The van der Waals surface area contributed by atoms with Crippen molar-refractivity contribution >= 4 is 5.91 Å². The van der Waals surface area contributed by atoms with Crippen molar-refractivity contribution in [2.75, 3.05) is 7.05 Å². The molecule has 0 saturated heterocycles. The number of hydrogen-bond donors (Lipinski definition) is 1. The zero-order valence-electron chi connectivity index (χ0n) is 9.89. The third-order valence-corrected chi connectivity index (χ3v) is 2.45. The van der Waals surface area contributed by atoms with Crippen molar-refractivity contribution in [3.63, 3.8) is 0 Å². The lowest BCUT2D eigenvalue weighted by Gasteiger charge is -2.14. The second-order valence-electron chi connectivity index (χ2n) is 3.79. The molecule has 0 aliphatic rings. The van der Waals surface area contributed by atoms with Gasteiger partial charge in [-0.2, -0.15) is 5.10 Å². The fraction of sp³-hybridized carbons (Fsp3) is 0.400. The molecule has 0 atom stereocenters. The standard InChI is InChI=1S/C10H13N5O2/c1-6-9(7(2)17-14-6)10(16)15(3)4-8-11-5-12-13-8/h5H,4H2,1-3H3,(H,11,12,13). The van der Waals surface area contributed by atoms with E-state index in [0.717, 1.165) is 0 Å². The van der Waals surface area contributed by atoms with E-state index in [2.05, 4.69) is 20.3 Å². The largest absolute Gasteiger partial charge is 0.361 e. The molecule has 1 amide bonds. The molecule has 17 heavy (non-hydrogen) atoms. The number of carbonyl (C=O) groups excluding carboxylic acids is 1. The van der Waals surface area contributed by atoms with Crippen LogP contribution in [0.25, 0.3) is 0 Å². The second kappa shape index (κ2) is 4.36. The van der Waals surface area contributed by atoms with Crippen LogP contribution in [0.2, 0.25) is 0 Å². The van der Waals surface area contributed by atoms with Crippen molar-refractivity contribution < 1.29 is 9.32 Å². The van der Waals surface area contributed by atoms with Crippen molar-refractivity contribution in [2.24, 2.45) is 0 Å². The predicted molar refractivity (Wildman–Crippen MR) is 58.2 cm³/mol. The van der Waals surface area contributed by atoms with Crippen molar-refractivity contribution in [2.45, 2.75) is 20.4 Å². The van der Waals surface area contributed by atoms with Gasteiger partial charge in [0.15, 0.2) is 0 Å². The van der Waals surface area contributed by atoms with Crippen LogP contribution >= 0.6 is 0 Å². The van der Waals surface area contributed by atoms with Gasteiger partial charge in [-0.25, -0.2) is 4.98 Å². The maximum absolute atomic E-state index is 12.1. The van der Waals surface area contributed by atoms with Crippen LogP contribution in [0.1, 0.15) is 27.6 Å². The second-order valence-corrected chi connectivity index (χ2v) is 3.79. The van der Waals surface area contributed by atoms with E-state index in [4.69, 9.17) is 4.52 Å². The molecule has 0 unspecified atom stereocenters. The highest BCUT2D eigenvalue weighted by molar-refractivity contribution is 5.95. The van der Waals surface area contributed by atoms with Gasteiger partial charge in [0, 0.05) is 7.05 Å². The minimum Gasteiger partial charge on any atom is -0.361 e. The van der Waals surface area contributed by atoms with Crippen LogP contribution < -0.4 is 0 Å². The van der Waals surface area contributed by atoms with E-state index in [9.17, 15) is 4.79 Å². The van der Waals surface area contributed by atoms with Crippen molar-refractivity contribution in [3.8, 4) is 0 Å². The molecule has 0 bridgehead atoms. The van der Waals surface area contributed by atoms with Crippen molar-refractivity contribution in [1.82, 2.24) is 25.2 Å². The smallest absolute Gasteiger partial charge is 0.259 e. The summed E-state index contributed by atoms with van der Waals surface area (Å²) in [7, 11) is 1.69. The molecule has 2 aromatic rings. The van der Waals surface area contributed by atoms with Gasteiger partial charge >= 0.3 is 0 Å². The normalized spacial score (nSPS) is 10.5. The van der Waals surface area contributed by atoms with E-state index < -0.39 is 0 Å². The van der Waals surface area contributed by atoms with Crippen LogP contribution in [0.3, 0.4) is 0 Å². The summed E-state index contributed by atoms with van der Waals surface area (Å²) in [6.45, 7) is 3.82. The number of amides is 1. The lowest BCUT2D eigenvalue weighted by atomic mass is 10.2. The van der Waals surface area contributed by atoms with Crippen molar-refractivity contribution in [3.05, 3.63) is 29.2 Å². The zero-order chi connectivity index (χ0) is 12.4. The van der Waals surface area contributed by atoms with E-state index in [1.54, 1.807) is 20.9 Å². The Morgan fingerprint density at radius 1 is 1.53 bits per heavy atom. The average Bonchev–Trinajstić information content (AvgIpc) is 2.89. The summed E-state index contributed by atoms with van der Waals surface area (Å²) in [5.74, 6) is 1.02. The highest BCUT2D eigenvalue weighted by Crippen LogP contribution is 2.14. The quantitative estimate of drug-likeness (QED) is 0.845. The number of nitrogens with zero attached hydrogens (tertiary/aromatic N) is 4. The van der Waals surface area contributed by atoms with Crippen LogP contribution in [0.4, 0.5) is 0 Å². The lowest BCUT2D eigenvalue weighted by molar-refractivity contribution is 0.0779. The number of H-pyrrole nitrogens is 1. The molecule has 1 N–H and O–H groups in total. The minimum atomic E-state index is -0.141. The van der Waals surface area contributed by atoms with Crippen molar-refractivity contribution in [1.29, 1.82) is 0 Å². The lowest BCUT2D eigenvalue weighted by Crippen LogP contribution is -2.27. The molecule has 0 saturated carbocycles. The Balaban J connectivity index is 2.15. The molecule has 0 aromatic carbocycles. The molecule has 0 aliphatic carbocycles. The highest BCUT2D eigenvalue weighted by atomic mass is 16.5. The van der Waals surface area contributed by atoms with Gasteiger partial charge in [0.05, 0.1) is 12.2 Å². The first kappa shape index (κ1) is 11.3. The van der Waals surface area contributed by atoms with Gasteiger partial charge < -0.3 is 9.42 Å². The molecule has 90 valence electrons. The SMILES string of the molecule is Cc1noc(C)c1C(=O)N(C)Cc1ncn[nH]1. The average molecular weight is 235 g/mol. The number of rotatable bonds is 3. The Hall–Kier alpha value is -2.18. The monoisotopic (exact) mass is 235 g/mol. The summed E-state index contributed by atoms with van der Waals surface area (Å²) >= 11 is 0. The van der Waals surface area contributed by atoms with Crippen LogP contribution in [0.5, 0.6) is 0 Å². The Kier molecular flexibility index (Phi) is 2.90. The van der Waals surface area contributed by atoms with Gasteiger partial charge in [-0.1, -0.05) is 5.16 Å². The number of carbonyl (C=O) groups is 1. The number of hydrogen-bond acceptors (Lipinski definition) is 5. The first-order chi connectivity index (χ1) is 8.09. The third-order valence-electron chi connectivity index (χ3n) is 2.45. The molecule has 0 fully saturated rings. The van der Waals surface area contributed by atoms with Gasteiger partial charge in [-0.3, -0.25) is 9.89 Å². The van der Waals surface area contributed by atoms with E-state index in [1.807, 2.05) is 0 Å². The summed E-state index contributed by atoms with van der Waals surface area (Å²) in [5.41, 5.74) is 1.10. The molecule has 7 nitrogen and oxygen atoms in total. The number of aromatic amines is 1. The van der Waals surface area contributed by atoms with E-state index in [-0.39, 0.29) is 5.91 Å². The highest BCUT2D eigenvalue weighted by Gasteiger charge is 2.21. The molecule has 2 aromatic heterocycles. The predicted octanol–water partition coefficient (Wildman–Crippen LogP) is 0.682. The molecule has 0 radical (unpaired) electrons. The summed E-state index contributed by atoms with van der Waals surface area (Å²) in [6.07, 6.45) is 1.41. The minimum absolute atomic E-state index is 0.141. The van der Waals surface area contributed by atoms with E-state index in [0.29, 0.717) is 29.4 Å². The fourth-order valence-corrected chi connectivity index (χ4v) is 1.58. The number of aryl methyl sites for hydroxylation is 2. The van der Waals surface area contributed by atoms with Gasteiger partial charge in [0.25, 0.3) is 5.91 Å². The van der Waals surface area contributed by atoms with Gasteiger partial charge in [0.2, 0.25) is 0 Å². The van der Waals surface area contributed by atoms with E-state index >= 15 is 0 Å². The van der Waals surface area contributed by atoms with Gasteiger partial charge in [0.1, 0.15) is 23.5 Å². The summed E-state index contributed by atoms with van der Waals surface area (Å²) in [6, 6.07) is 0. The van der Waals surface area contributed by atoms with Crippen LogP contribution in [0.15, 0.2) is 10.9 Å². The Morgan fingerprint density at radius 2 is 2.29 bits per heavy atom. The Bertz CT molecular complexity index is 497. The first-order valence-corrected chi connectivity index (χ1v) is 5.12. The fourth-order valence-electron chi connectivity index (χ4n) is 1.58. The molecule has 2 heterocycles. The maximum atomic E-state index is 12.1. The molecule has 2 rings (SSSR count). The zero-order valence-corrected chi connectivity index (χ0v) is 9.89.